The lowest BCUT2D eigenvalue weighted by atomic mass is 9.71. The fraction of sp³-hybridized carbons (Fsp3) is 0.250. The minimum absolute atomic E-state index is 0.0926. The largest absolute Gasteiger partial charge is 0.315 e. The number of hydrogen-bond donors (Lipinski definition) is 1. The van der Waals surface area contributed by atoms with Crippen molar-refractivity contribution in [1.82, 2.24) is 5.32 Å². The second-order valence-corrected chi connectivity index (χ2v) is 7.00. The van der Waals surface area contributed by atoms with E-state index in [1.807, 2.05) is 18.2 Å². The van der Waals surface area contributed by atoms with E-state index in [0.29, 0.717) is 0 Å². The van der Waals surface area contributed by atoms with Crippen LogP contribution in [-0.2, 0) is 11.8 Å². The van der Waals surface area contributed by atoms with Gasteiger partial charge in [-0.1, -0.05) is 57.3 Å². The highest BCUT2D eigenvalue weighted by Gasteiger charge is 2.39. The SMILES string of the molecule is Clc1cccc(Cl)c1CC1(c2ccc(Br)cc2)CNC1. The fourth-order valence-electron chi connectivity index (χ4n) is 2.70. The lowest BCUT2D eigenvalue weighted by Crippen LogP contribution is -2.58. The molecule has 1 saturated heterocycles. The zero-order valence-electron chi connectivity index (χ0n) is 10.8. The van der Waals surface area contributed by atoms with Crippen LogP contribution in [0.2, 0.25) is 10.0 Å². The van der Waals surface area contributed by atoms with Crippen molar-refractivity contribution in [1.29, 1.82) is 0 Å². The Balaban J connectivity index is 1.96. The van der Waals surface area contributed by atoms with E-state index < -0.39 is 0 Å². The molecule has 0 bridgehead atoms. The Kier molecular flexibility index (Phi) is 4.09. The number of hydrogen-bond acceptors (Lipinski definition) is 1. The van der Waals surface area contributed by atoms with Gasteiger partial charge in [0.05, 0.1) is 0 Å². The molecule has 2 aromatic rings. The van der Waals surface area contributed by atoms with E-state index in [2.05, 4.69) is 45.5 Å². The van der Waals surface area contributed by atoms with Crippen LogP contribution in [0, 0.1) is 0 Å². The van der Waals surface area contributed by atoms with E-state index in [1.165, 1.54) is 5.56 Å². The summed E-state index contributed by atoms with van der Waals surface area (Å²) in [7, 11) is 0. The van der Waals surface area contributed by atoms with Crippen molar-refractivity contribution in [3.8, 4) is 0 Å². The summed E-state index contributed by atoms with van der Waals surface area (Å²) in [5.74, 6) is 0. The Bertz CT molecular complexity index is 601. The highest BCUT2D eigenvalue weighted by molar-refractivity contribution is 9.10. The second kappa shape index (κ2) is 5.69. The Hall–Kier alpha value is -0.540. The van der Waals surface area contributed by atoms with Crippen molar-refractivity contribution in [3.05, 3.63) is 68.1 Å². The summed E-state index contributed by atoms with van der Waals surface area (Å²) in [6, 6.07) is 14.2. The number of benzene rings is 2. The summed E-state index contributed by atoms with van der Waals surface area (Å²) in [5, 5.41) is 4.88. The molecule has 1 nitrogen and oxygen atoms in total. The lowest BCUT2D eigenvalue weighted by Gasteiger charge is -2.44. The number of rotatable bonds is 3. The molecular formula is C16H14BrCl2N. The van der Waals surface area contributed by atoms with Gasteiger partial charge >= 0.3 is 0 Å². The first-order chi connectivity index (χ1) is 9.61. The predicted octanol–water partition coefficient (Wildman–Crippen LogP) is 4.84. The maximum absolute atomic E-state index is 6.32. The highest BCUT2D eigenvalue weighted by Crippen LogP contribution is 2.37. The van der Waals surface area contributed by atoms with E-state index in [-0.39, 0.29) is 5.41 Å². The molecule has 104 valence electrons. The fourth-order valence-corrected chi connectivity index (χ4v) is 3.50. The molecule has 0 atom stereocenters. The van der Waals surface area contributed by atoms with Gasteiger partial charge in [-0.05, 0) is 41.8 Å². The predicted molar refractivity (Wildman–Crippen MR) is 88.9 cm³/mol. The summed E-state index contributed by atoms with van der Waals surface area (Å²) in [6.45, 7) is 1.91. The third kappa shape index (κ3) is 2.62. The summed E-state index contributed by atoms with van der Waals surface area (Å²) >= 11 is 16.1. The Morgan fingerprint density at radius 2 is 1.60 bits per heavy atom. The minimum atomic E-state index is 0.0926. The van der Waals surface area contributed by atoms with Crippen LogP contribution in [0.4, 0.5) is 0 Å². The molecule has 20 heavy (non-hydrogen) atoms. The van der Waals surface area contributed by atoms with Crippen molar-refractivity contribution >= 4 is 39.1 Å². The van der Waals surface area contributed by atoms with E-state index in [0.717, 1.165) is 39.6 Å². The maximum Gasteiger partial charge on any atom is 0.0453 e. The van der Waals surface area contributed by atoms with Gasteiger partial charge in [-0.15, -0.1) is 0 Å². The Labute approximate surface area is 137 Å². The van der Waals surface area contributed by atoms with Crippen molar-refractivity contribution in [3.63, 3.8) is 0 Å². The van der Waals surface area contributed by atoms with Gasteiger partial charge in [0.25, 0.3) is 0 Å². The standard InChI is InChI=1S/C16H14BrCl2N/c17-12-6-4-11(5-7-12)16(9-20-10-16)8-13-14(18)2-1-3-15(13)19/h1-7,20H,8-10H2. The first kappa shape index (κ1) is 14.4. The molecule has 0 unspecified atom stereocenters. The molecule has 3 rings (SSSR count). The maximum atomic E-state index is 6.32. The van der Waals surface area contributed by atoms with Crippen molar-refractivity contribution in [2.45, 2.75) is 11.8 Å². The summed E-state index contributed by atoms with van der Waals surface area (Å²) in [5.41, 5.74) is 2.46. The molecule has 1 aliphatic heterocycles. The normalized spacial score (nSPS) is 16.8. The van der Waals surface area contributed by atoms with E-state index in [1.54, 1.807) is 0 Å². The quantitative estimate of drug-likeness (QED) is 0.815. The average molecular weight is 371 g/mol. The van der Waals surface area contributed by atoms with E-state index >= 15 is 0 Å². The number of halogens is 3. The molecule has 1 heterocycles. The van der Waals surface area contributed by atoms with E-state index in [4.69, 9.17) is 23.2 Å². The van der Waals surface area contributed by atoms with Crippen LogP contribution in [0.15, 0.2) is 46.9 Å². The van der Waals surface area contributed by atoms with Crippen LogP contribution in [0.1, 0.15) is 11.1 Å². The third-order valence-corrected chi connectivity index (χ3v) is 5.20. The first-order valence-electron chi connectivity index (χ1n) is 6.50. The van der Waals surface area contributed by atoms with Gasteiger partial charge in [0, 0.05) is 33.0 Å². The van der Waals surface area contributed by atoms with Crippen LogP contribution in [-0.4, -0.2) is 13.1 Å². The van der Waals surface area contributed by atoms with Gasteiger partial charge < -0.3 is 5.32 Å². The Morgan fingerprint density at radius 3 is 2.10 bits per heavy atom. The molecule has 0 amide bonds. The van der Waals surface area contributed by atoms with Gasteiger partial charge in [0.1, 0.15) is 0 Å². The van der Waals surface area contributed by atoms with Crippen LogP contribution >= 0.6 is 39.1 Å². The van der Waals surface area contributed by atoms with Gasteiger partial charge in [-0.3, -0.25) is 0 Å². The zero-order valence-corrected chi connectivity index (χ0v) is 13.9. The second-order valence-electron chi connectivity index (χ2n) is 5.27. The molecule has 0 saturated carbocycles. The van der Waals surface area contributed by atoms with Crippen LogP contribution in [0.5, 0.6) is 0 Å². The Morgan fingerprint density at radius 1 is 1.00 bits per heavy atom. The topological polar surface area (TPSA) is 12.0 Å². The van der Waals surface area contributed by atoms with Gasteiger partial charge in [-0.2, -0.15) is 0 Å². The monoisotopic (exact) mass is 369 g/mol. The minimum Gasteiger partial charge on any atom is -0.315 e. The molecule has 0 aliphatic carbocycles. The van der Waals surface area contributed by atoms with Crippen molar-refractivity contribution in [2.75, 3.05) is 13.1 Å². The molecule has 1 N–H and O–H groups in total. The molecule has 2 aromatic carbocycles. The molecule has 1 aliphatic rings. The number of nitrogens with one attached hydrogen (secondary N) is 1. The average Bonchev–Trinajstić information content (AvgIpc) is 2.38. The lowest BCUT2D eigenvalue weighted by molar-refractivity contribution is 0.275. The van der Waals surface area contributed by atoms with E-state index in [9.17, 15) is 0 Å². The molecule has 4 heteroatoms. The van der Waals surface area contributed by atoms with Crippen LogP contribution in [0.3, 0.4) is 0 Å². The van der Waals surface area contributed by atoms with Crippen molar-refractivity contribution < 1.29 is 0 Å². The molecule has 0 spiro atoms. The zero-order chi connectivity index (χ0) is 14.2. The first-order valence-corrected chi connectivity index (χ1v) is 8.05. The molecular weight excluding hydrogens is 357 g/mol. The molecule has 0 radical (unpaired) electrons. The van der Waals surface area contributed by atoms with Gasteiger partial charge in [-0.25, -0.2) is 0 Å². The highest BCUT2D eigenvalue weighted by atomic mass is 79.9. The molecule has 1 fully saturated rings. The summed E-state index contributed by atoms with van der Waals surface area (Å²) in [4.78, 5) is 0. The van der Waals surface area contributed by atoms with Crippen molar-refractivity contribution in [2.24, 2.45) is 0 Å². The molecule has 0 aromatic heterocycles. The van der Waals surface area contributed by atoms with Crippen LogP contribution < -0.4 is 5.32 Å². The summed E-state index contributed by atoms with van der Waals surface area (Å²) in [6.07, 6.45) is 0.861. The van der Waals surface area contributed by atoms with Crippen LogP contribution in [0.25, 0.3) is 0 Å². The van der Waals surface area contributed by atoms with Gasteiger partial charge in [0.15, 0.2) is 0 Å². The smallest absolute Gasteiger partial charge is 0.0453 e. The van der Waals surface area contributed by atoms with Gasteiger partial charge in [0.2, 0.25) is 0 Å². The summed E-state index contributed by atoms with van der Waals surface area (Å²) < 4.78 is 1.10. The third-order valence-electron chi connectivity index (χ3n) is 3.96.